The summed E-state index contributed by atoms with van der Waals surface area (Å²) < 4.78 is 24.3. The van der Waals surface area contributed by atoms with Crippen LogP contribution in [0.4, 0.5) is 0 Å². The Labute approximate surface area is 169 Å². The van der Waals surface area contributed by atoms with Gasteiger partial charge in [0.25, 0.3) is 0 Å². The number of aliphatic hydroxyl groups is 1. The van der Waals surface area contributed by atoms with E-state index in [1.54, 1.807) is 11.8 Å². The highest BCUT2D eigenvalue weighted by atomic mass is 32.2. The van der Waals surface area contributed by atoms with Gasteiger partial charge >= 0.3 is 0 Å². The molecule has 0 radical (unpaired) electrons. The molecule has 2 aliphatic heterocycles. The largest absolute Gasteiger partial charge is 0.387 e. The van der Waals surface area contributed by atoms with E-state index in [4.69, 9.17) is 18.9 Å². The van der Waals surface area contributed by atoms with E-state index < -0.39 is 24.6 Å². The van der Waals surface area contributed by atoms with Crippen LogP contribution in [-0.4, -0.2) is 47.3 Å². The molecule has 0 saturated carbocycles. The van der Waals surface area contributed by atoms with Crippen LogP contribution in [0.5, 0.6) is 0 Å². The van der Waals surface area contributed by atoms with Gasteiger partial charge in [-0.25, -0.2) is 0 Å². The molecule has 5 nitrogen and oxygen atoms in total. The van der Waals surface area contributed by atoms with Crippen molar-refractivity contribution in [3.05, 3.63) is 71.8 Å². The van der Waals surface area contributed by atoms with Crippen LogP contribution < -0.4 is 0 Å². The Morgan fingerprint density at radius 3 is 2.46 bits per heavy atom. The monoisotopic (exact) mass is 402 g/mol. The molecule has 0 amide bonds. The predicted octanol–water partition coefficient (Wildman–Crippen LogP) is 3.52. The van der Waals surface area contributed by atoms with Gasteiger partial charge in [-0.2, -0.15) is 0 Å². The van der Waals surface area contributed by atoms with E-state index in [1.165, 1.54) is 0 Å². The van der Waals surface area contributed by atoms with Crippen LogP contribution in [0.25, 0.3) is 0 Å². The number of benzene rings is 2. The molecule has 2 aromatic rings. The Morgan fingerprint density at radius 1 is 1.04 bits per heavy atom. The fourth-order valence-corrected chi connectivity index (χ4v) is 4.57. The maximum absolute atomic E-state index is 11.1. The van der Waals surface area contributed by atoms with Crippen LogP contribution >= 0.6 is 11.8 Å². The minimum Gasteiger partial charge on any atom is -0.387 e. The average molecular weight is 403 g/mol. The van der Waals surface area contributed by atoms with Crippen LogP contribution in [-0.2, 0) is 25.6 Å². The molecule has 1 N–H and O–H groups in total. The van der Waals surface area contributed by atoms with Crippen molar-refractivity contribution in [3.63, 3.8) is 0 Å². The van der Waals surface area contributed by atoms with Gasteiger partial charge in [-0.15, -0.1) is 11.8 Å². The molecule has 0 spiro atoms. The van der Waals surface area contributed by atoms with Crippen molar-refractivity contribution >= 4 is 11.8 Å². The summed E-state index contributed by atoms with van der Waals surface area (Å²) in [6.45, 7) is 2.87. The molecule has 6 heteroatoms. The van der Waals surface area contributed by atoms with Gasteiger partial charge in [0.2, 0.25) is 0 Å². The molecule has 0 bridgehead atoms. The van der Waals surface area contributed by atoms with Crippen LogP contribution in [0.15, 0.2) is 60.7 Å². The topological polar surface area (TPSA) is 57.2 Å². The van der Waals surface area contributed by atoms with Gasteiger partial charge in [-0.1, -0.05) is 67.6 Å². The molecule has 6 atom stereocenters. The van der Waals surface area contributed by atoms with E-state index in [0.717, 1.165) is 16.9 Å². The number of rotatable bonds is 6. The second-order valence-electron chi connectivity index (χ2n) is 6.93. The summed E-state index contributed by atoms with van der Waals surface area (Å²) in [5, 5.41) is 11.1. The lowest BCUT2D eigenvalue weighted by Gasteiger charge is -2.47. The van der Waals surface area contributed by atoms with Gasteiger partial charge in [0.05, 0.1) is 13.2 Å². The first-order valence-corrected chi connectivity index (χ1v) is 10.7. The molecule has 150 valence electrons. The molecule has 2 fully saturated rings. The Kier molecular flexibility index (Phi) is 6.67. The summed E-state index contributed by atoms with van der Waals surface area (Å²) in [6, 6.07) is 19.7. The van der Waals surface area contributed by atoms with Gasteiger partial charge in [0, 0.05) is 5.56 Å². The second kappa shape index (κ2) is 9.39. The minimum atomic E-state index is -0.790. The van der Waals surface area contributed by atoms with Crippen molar-refractivity contribution in [3.8, 4) is 0 Å². The van der Waals surface area contributed by atoms with E-state index in [-0.39, 0.29) is 11.5 Å². The number of hydrogen-bond donors (Lipinski definition) is 1. The number of fused-ring (bicyclic) bond motifs is 1. The minimum absolute atomic E-state index is 0.259. The van der Waals surface area contributed by atoms with Gasteiger partial charge in [0.15, 0.2) is 6.29 Å². The van der Waals surface area contributed by atoms with Crippen molar-refractivity contribution in [2.75, 3.05) is 12.4 Å². The van der Waals surface area contributed by atoms with E-state index in [9.17, 15) is 5.11 Å². The SMILES string of the molecule is CCS[C@@H]1O[C@@H]2COC(c3ccccc3)O[C@H]2[C@H](O)[C@H]1OCc1ccccc1. The van der Waals surface area contributed by atoms with Gasteiger partial charge in [-0.05, 0) is 11.3 Å². The molecular formula is C22H26O5S. The van der Waals surface area contributed by atoms with E-state index in [1.807, 2.05) is 60.7 Å². The first kappa shape index (κ1) is 19.9. The molecule has 28 heavy (non-hydrogen) atoms. The lowest BCUT2D eigenvalue weighted by Crippen LogP contribution is -2.61. The third-order valence-corrected chi connectivity index (χ3v) is 6.04. The summed E-state index contributed by atoms with van der Waals surface area (Å²) in [4.78, 5) is 0. The highest BCUT2D eigenvalue weighted by molar-refractivity contribution is 7.99. The quantitative estimate of drug-likeness (QED) is 0.798. The second-order valence-corrected chi connectivity index (χ2v) is 8.30. The highest BCUT2D eigenvalue weighted by Crippen LogP contribution is 2.38. The first-order chi connectivity index (χ1) is 13.8. The average Bonchev–Trinajstić information content (AvgIpc) is 2.75. The zero-order valence-electron chi connectivity index (χ0n) is 15.8. The lowest BCUT2D eigenvalue weighted by molar-refractivity contribution is -0.322. The lowest BCUT2D eigenvalue weighted by atomic mass is 9.98. The van der Waals surface area contributed by atoms with Crippen LogP contribution in [0.1, 0.15) is 24.3 Å². The molecular weight excluding hydrogens is 376 g/mol. The van der Waals surface area contributed by atoms with Gasteiger partial charge < -0.3 is 24.1 Å². The third-order valence-electron chi connectivity index (χ3n) is 5.00. The molecule has 2 aromatic carbocycles. The smallest absolute Gasteiger partial charge is 0.184 e. The number of ether oxygens (including phenoxy) is 4. The molecule has 4 rings (SSSR count). The number of aliphatic hydroxyl groups excluding tert-OH is 1. The zero-order chi connectivity index (χ0) is 19.3. The summed E-state index contributed by atoms with van der Waals surface area (Å²) in [6.07, 6.45) is -2.57. The van der Waals surface area contributed by atoms with Crippen LogP contribution in [0, 0.1) is 0 Å². The molecule has 2 heterocycles. The van der Waals surface area contributed by atoms with Crippen molar-refractivity contribution in [1.29, 1.82) is 0 Å². The Morgan fingerprint density at radius 2 is 1.75 bits per heavy atom. The van der Waals surface area contributed by atoms with E-state index in [0.29, 0.717) is 13.2 Å². The first-order valence-electron chi connectivity index (χ1n) is 9.69. The Hall–Kier alpha value is -1.41. The Balaban J connectivity index is 1.47. The molecule has 0 aromatic heterocycles. The molecule has 2 aliphatic rings. The van der Waals surface area contributed by atoms with Crippen molar-refractivity contribution in [2.24, 2.45) is 0 Å². The van der Waals surface area contributed by atoms with Crippen LogP contribution in [0.2, 0.25) is 0 Å². The number of hydrogen-bond acceptors (Lipinski definition) is 6. The standard InChI is InChI=1S/C22H26O5S/c1-2-28-22-20(24-13-15-9-5-3-6-10-15)18(23)19-17(26-22)14-25-21(27-19)16-11-7-4-8-12-16/h3-12,17-23H,2,13-14H2,1H3/t17-,18+,19-,20-,21?,22+/m1/s1. The van der Waals surface area contributed by atoms with E-state index in [2.05, 4.69) is 6.92 Å². The van der Waals surface area contributed by atoms with Crippen molar-refractivity contribution in [1.82, 2.24) is 0 Å². The molecule has 1 unspecified atom stereocenters. The highest BCUT2D eigenvalue weighted by Gasteiger charge is 2.49. The fraction of sp³-hybridized carbons (Fsp3) is 0.455. The van der Waals surface area contributed by atoms with Crippen molar-refractivity contribution < 1.29 is 24.1 Å². The maximum Gasteiger partial charge on any atom is 0.184 e. The summed E-state index contributed by atoms with van der Waals surface area (Å²) in [5.74, 6) is 0.869. The fourth-order valence-electron chi connectivity index (χ4n) is 3.59. The maximum atomic E-state index is 11.1. The van der Waals surface area contributed by atoms with Gasteiger partial charge in [-0.3, -0.25) is 0 Å². The predicted molar refractivity (Wildman–Crippen MR) is 108 cm³/mol. The van der Waals surface area contributed by atoms with Crippen LogP contribution in [0.3, 0.4) is 0 Å². The summed E-state index contributed by atoms with van der Waals surface area (Å²) >= 11 is 1.63. The zero-order valence-corrected chi connectivity index (χ0v) is 16.7. The Bertz CT molecular complexity index is 728. The number of thioether (sulfide) groups is 1. The summed E-state index contributed by atoms with van der Waals surface area (Å²) in [5.41, 5.74) is 1.73. The van der Waals surface area contributed by atoms with Gasteiger partial charge in [0.1, 0.15) is 29.9 Å². The molecule has 0 aliphatic carbocycles. The molecule has 2 saturated heterocycles. The summed E-state index contributed by atoms with van der Waals surface area (Å²) in [7, 11) is 0. The third kappa shape index (κ3) is 4.43. The van der Waals surface area contributed by atoms with Crippen molar-refractivity contribution in [2.45, 2.75) is 49.7 Å². The normalized spacial score (nSPS) is 32.6. The van der Waals surface area contributed by atoms with E-state index >= 15 is 0 Å².